The van der Waals surface area contributed by atoms with Gasteiger partial charge in [0.25, 0.3) is 0 Å². The summed E-state index contributed by atoms with van der Waals surface area (Å²) >= 11 is 1.69. The summed E-state index contributed by atoms with van der Waals surface area (Å²) in [6, 6.07) is 0. The van der Waals surface area contributed by atoms with Crippen molar-refractivity contribution < 1.29 is 12.8 Å². The second kappa shape index (κ2) is 6.60. The van der Waals surface area contributed by atoms with Crippen LogP contribution in [0.4, 0.5) is 0 Å². The van der Waals surface area contributed by atoms with Crippen molar-refractivity contribution in [3.63, 3.8) is 0 Å². The molecule has 0 aliphatic heterocycles. The summed E-state index contributed by atoms with van der Waals surface area (Å²) < 4.78 is 32.3. The van der Waals surface area contributed by atoms with Crippen LogP contribution in [0.1, 0.15) is 23.5 Å². The van der Waals surface area contributed by atoms with Crippen molar-refractivity contribution in [2.75, 3.05) is 18.6 Å². The van der Waals surface area contributed by atoms with Gasteiger partial charge < -0.3 is 10.2 Å². The van der Waals surface area contributed by atoms with Crippen LogP contribution in [0.2, 0.25) is 0 Å². The van der Waals surface area contributed by atoms with Gasteiger partial charge in [-0.2, -0.15) is 11.8 Å². The fourth-order valence-electron chi connectivity index (χ4n) is 1.79. The third kappa shape index (κ3) is 3.50. The number of nitrogens with one attached hydrogen (secondary N) is 1. The number of furan rings is 1. The van der Waals surface area contributed by atoms with Gasteiger partial charge in [-0.25, -0.2) is 13.1 Å². The van der Waals surface area contributed by atoms with Gasteiger partial charge in [0.1, 0.15) is 16.4 Å². The highest BCUT2D eigenvalue weighted by molar-refractivity contribution is 7.98. The van der Waals surface area contributed by atoms with Gasteiger partial charge in [-0.1, -0.05) is 0 Å². The van der Waals surface area contributed by atoms with E-state index < -0.39 is 10.0 Å². The van der Waals surface area contributed by atoms with Crippen LogP contribution >= 0.6 is 11.8 Å². The molecule has 0 saturated heterocycles. The Balaban J connectivity index is 2.91. The molecule has 0 bridgehead atoms. The number of nitrogens with two attached hydrogens (primary N) is 1. The van der Waals surface area contributed by atoms with E-state index in [1.165, 1.54) is 0 Å². The molecule has 0 radical (unpaired) electrons. The highest BCUT2D eigenvalue weighted by Crippen LogP contribution is 2.25. The van der Waals surface area contributed by atoms with Crippen molar-refractivity contribution in [1.82, 2.24) is 4.72 Å². The Hall–Kier alpha value is -0.500. The average molecular weight is 292 g/mol. The molecule has 0 unspecified atom stereocenters. The summed E-state index contributed by atoms with van der Waals surface area (Å²) in [7, 11) is -3.53. The molecule has 0 fully saturated rings. The van der Waals surface area contributed by atoms with Crippen LogP contribution in [0, 0.1) is 13.8 Å². The third-order valence-electron chi connectivity index (χ3n) is 2.62. The minimum Gasteiger partial charge on any atom is -0.465 e. The molecule has 0 amide bonds. The van der Waals surface area contributed by atoms with E-state index in [-0.39, 0.29) is 11.4 Å². The summed E-state index contributed by atoms with van der Waals surface area (Å²) in [4.78, 5) is 0.201. The monoisotopic (exact) mass is 292 g/mol. The molecule has 0 saturated carbocycles. The predicted octanol–water partition coefficient (Wildman–Crippen LogP) is 1.39. The van der Waals surface area contributed by atoms with E-state index in [0.717, 1.165) is 12.2 Å². The van der Waals surface area contributed by atoms with Gasteiger partial charge in [-0.3, -0.25) is 0 Å². The molecule has 0 aromatic carbocycles. The van der Waals surface area contributed by atoms with Crippen LogP contribution in [0.15, 0.2) is 9.31 Å². The molecule has 18 heavy (non-hydrogen) atoms. The molecule has 1 aromatic rings. The Bertz CT molecular complexity index is 495. The van der Waals surface area contributed by atoms with E-state index in [4.69, 9.17) is 10.2 Å². The van der Waals surface area contributed by atoms with Crippen molar-refractivity contribution in [2.24, 2.45) is 5.73 Å². The Morgan fingerprint density at radius 1 is 1.33 bits per heavy atom. The molecular weight excluding hydrogens is 272 g/mol. The normalized spacial score (nSPS) is 12.0. The van der Waals surface area contributed by atoms with Crippen molar-refractivity contribution in [3.8, 4) is 0 Å². The second-order valence-corrected chi connectivity index (χ2v) is 6.66. The maximum absolute atomic E-state index is 12.2. The lowest BCUT2D eigenvalue weighted by Crippen LogP contribution is -2.26. The number of rotatable bonds is 7. The molecule has 3 N–H and O–H groups in total. The number of aryl methyl sites for hydroxylation is 2. The van der Waals surface area contributed by atoms with Crippen LogP contribution in [0.25, 0.3) is 0 Å². The SMILES string of the molecule is CSCCCNS(=O)(=O)c1c(C)oc(C)c1CN. The van der Waals surface area contributed by atoms with Crippen molar-refractivity contribution in [2.45, 2.75) is 31.7 Å². The van der Waals surface area contributed by atoms with Crippen LogP contribution < -0.4 is 10.5 Å². The van der Waals surface area contributed by atoms with Gasteiger partial charge in [0.2, 0.25) is 10.0 Å². The minimum absolute atomic E-state index is 0.157. The highest BCUT2D eigenvalue weighted by Gasteiger charge is 2.25. The predicted molar refractivity (Wildman–Crippen MR) is 74.3 cm³/mol. The number of hydrogen-bond acceptors (Lipinski definition) is 5. The topological polar surface area (TPSA) is 85.3 Å². The Labute approximate surface area is 113 Å². The van der Waals surface area contributed by atoms with Crippen molar-refractivity contribution in [3.05, 3.63) is 17.1 Å². The summed E-state index contributed by atoms with van der Waals surface area (Å²) in [5.74, 6) is 1.89. The highest BCUT2D eigenvalue weighted by atomic mass is 32.2. The average Bonchev–Trinajstić information content (AvgIpc) is 2.59. The Morgan fingerprint density at radius 3 is 2.56 bits per heavy atom. The van der Waals surface area contributed by atoms with E-state index in [1.807, 2.05) is 6.26 Å². The quantitative estimate of drug-likeness (QED) is 0.742. The van der Waals surface area contributed by atoms with Crippen LogP contribution in [0.3, 0.4) is 0 Å². The lowest BCUT2D eigenvalue weighted by atomic mass is 10.2. The number of hydrogen-bond donors (Lipinski definition) is 2. The third-order valence-corrected chi connectivity index (χ3v) is 4.97. The number of sulfonamides is 1. The fraction of sp³-hybridized carbons (Fsp3) is 0.636. The molecule has 0 aliphatic rings. The minimum atomic E-state index is -3.53. The molecule has 1 aromatic heterocycles. The molecule has 104 valence electrons. The lowest BCUT2D eigenvalue weighted by Gasteiger charge is -2.07. The van der Waals surface area contributed by atoms with Crippen LogP contribution in [-0.2, 0) is 16.6 Å². The molecule has 1 heterocycles. The first kappa shape index (κ1) is 15.6. The zero-order valence-corrected chi connectivity index (χ0v) is 12.6. The summed E-state index contributed by atoms with van der Waals surface area (Å²) in [5, 5.41) is 0. The smallest absolute Gasteiger partial charge is 0.244 e. The van der Waals surface area contributed by atoms with E-state index >= 15 is 0 Å². The van der Waals surface area contributed by atoms with E-state index in [2.05, 4.69) is 4.72 Å². The van der Waals surface area contributed by atoms with Crippen LogP contribution in [0.5, 0.6) is 0 Å². The van der Waals surface area contributed by atoms with Gasteiger partial charge in [0.05, 0.1) is 0 Å². The standard InChI is InChI=1S/C11H20N2O3S2/c1-8-10(7-12)11(9(2)16-8)18(14,15)13-5-4-6-17-3/h13H,4-7,12H2,1-3H3. The van der Waals surface area contributed by atoms with Crippen molar-refractivity contribution in [1.29, 1.82) is 0 Å². The first-order valence-corrected chi connectivity index (χ1v) is 8.59. The molecule has 5 nitrogen and oxygen atoms in total. The van der Waals surface area contributed by atoms with Crippen molar-refractivity contribution >= 4 is 21.8 Å². The maximum atomic E-state index is 12.2. The molecule has 0 aliphatic carbocycles. The zero-order chi connectivity index (χ0) is 13.8. The Morgan fingerprint density at radius 2 is 2.00 bits per heavy atom. The van der Waals surface area contributed by atoms with Gasteiger partial charge in [-0.15, -0.1) is 0 Å². The molecule has 0 spiro atoms. The van der Waals surface area contributed by atoms with E-state index in [0.29, 0.717) is 23.6 Å². The van der Waals surface area contributed by atoms with Gasteiger partial charge in [0, 0.05) is 18.7 Å². The second-order valence-electron chi connectivity index (χ2n) is 3.97. The molecule has 1 rings (SSSR count). The lowest BCUT2D eigenvalue weighted by molar-refractivity contribution is 0.494. The van der Waals surface area contributed by atoms with Gasteiger partial charge >= 0.3 is 0 Å². The summed E-state index contributed by atoms with van der Waals surface area (Å²) in [5.41, 5.74) is 6.14. The first-order valence-electron chi connectivity index (χ1n) is 5.71. The summed E-state index contributed by atoms with van der Waals surface area (Å²) in [6.07, 6.45) is 2.79. The maximum Gasteiger partial charge on any atom is 0.244 e. The van der Waals surface area contributed by atoms with Gasteiger partial charge in [-0.05, 0) is 32.3 Å². The largest absolute Gasteiger partial charge is 0.465 e. The molecule has 0 atom stereocenters. The fourth-order valence-corrected chi connectivity index (χ4v) is 3.75. The summed E-state index contributed by atoms with van der Waals surface area (Å²) in [6.45, 7) is 3.95. The van der Waals surface area contributed by atoms with E-state index in [1.54, 1.807) is 25.6 Å². The number of thioether (sulfide) groups is 1. The van der Waals surface area contributed by atoms with E-state index in [9.17, 15) is 8.42 Å². The zero-order valence-electron chi connectivity index (χ0n) is 10.9. The molecule has 7 heteroatoms. The Kier molecular flexibility index (Phi) is 5.71. The van der Waals surface area contributed by atoms with Crippen LogP contribution in [-0.4, -0.2) is 27.0 Å². The van der Waals surface area contributed by atoms with Gasteiger partial charge in [0.15, 0.2) is 0 Å². The molecular formula is C11H20N2O3S2. The first-order chi connectivity index (χ1) is 8.44.